The van der Waals surface area contributed by atoms with Crippen molar-refractivity contribution in [1.29, 1.82) is 0 Å². The molecule has 1 amide bonds. The van der Waals surface area contributed by atoms with Crippen molar-refractivity contribution in [3.05, 3.63) is 0 Å². The molecule has 0 saturated carbocycles. The summed E-state index contributed by atoms with van der Waals surface area (Å²) in [6.07, 6.45) is -0.520. The fourth-order valence-corrected chi connectivity index (χ4v) is 1.71. The van der Waals surface area contributed by atoms with E-state index in [1.807, 2.05) is 0 Å². The molecule has 2 N–H and O–H groups in total. The Kier molecular flexibility index (Phi) is 2.85. The van der Waals surface area contributed by atoms with Crippen molar-refractivity contribution in [2.45, 2.75) is 6.10 Å². The van der Waals surface area contributed by atoms with Crippen LogP contribution < -0.4 is 5.84 Å². The summed E-state index contributed by atoms with van der Waals surface area (Å²) < 4.78 is 10.3. The number of ether oxygens (including phenoxy) is 2. The van der Waals surface area contributed by atoms with Crippen molar-refractivity contribution < 1.29 is 14.3 Å². The predicted octanol–water partition coefficient (Wildman–Crippen LogP) is -0.987. The first-order valence-electron chi connectivity index (χ1n) is 4.78. The summed E-state index contributed by atoms with van der Waals surface area (Å²) in [7, 11) is 0. The van der Waals surface area contributed by atoms with E-state index in [9.17, 15) is 4.79 Å². The predicted molar refractivity (Wildman–Crippen MR) is 48.4 cm³/mol. The fraction of sp³-hybridized carbons (Fsp3) is 0.875. The average Bonchev–Trinajstić information content (AvgIpc) is 2.47. The Morgan fingerprint density at radius 1 is 1.43 bits per heavy atom. The smallest absolute Gasteiger partial charge is 0.424 e. The minimum atomic E-state index is -0.428. The molecule has 6 heteroatoms. The third kappa shape index (κ3) is 2.14. The highest BCUT2D eigenvalue weighted by atomic mass is 16.6. The number of rotatable bonds is 2. The molecule has 2 fully saturated rings. The quantitative estimate of drug-likeness (QED) is 0.459. The van der Waals surface area contributed by atoms with Gasteiger partial charge in [-0.2, -0.15) is 0 Å². The van der Waals surface area contributed by atoms with Crippen LogP contribution in [-0.2, 0) is 9.47 Å². The highest BCUT2D eigenvalue weighted by molar-refractivity contribution is 5.69. The minimum Gasteiger partial charge on any atom is -0.442 e. The second kappa shape index (κ2) is 4.12. The molecule has 80 valence electrons. The number of amides is 1. The molecule has 2 saturated heterocycles. The fourth-order valence-electron chi connectivity index (χ4n) is 1.71. The zero-order valence-corrected chi connectivity index (χ0v) is 8.02. The maximum Gasteiger partial charge on any atom is 0.424 e. The van der Waals surface area contributed by atoms with Crippen molar-refractivity contribution in [1.82, 2.24) is 9.91 Å². The average molecular weight is 201 g/mol. The largest absolute Gasteiger partial charge is 0.442 e. The first-order chi connectivity index (χ1) is 6.75. The lowest BCUT2D eigenvalue weighted by atomic mass is 10.3. The Balaban J connectivity index is 1.77. The highest BCUT2D eigenvalue weighted by Gasteiger charge is 2.30. The summed E-state index contributed by atoms with van der Waals surface area (Å²) in [5.41, 5.74) is 0. The zero-order valence-electron chi connectivity index (χ0n) is 8.02. The molecule has 6 nitrogen and oxygen atoms in total. The summed E-state index contributed by atoms with van der Waals surface area (Å²) >= 11 is 0. The lowest BCUT2D eigenvalue weighted by Gasteiger charge is -2.27. The Bertz CT molecular complexity index is 218. The van der Waals surface area contributed by atoms with Gasteiger partial charge in [-0.15, -0.1) is 0 Å². The molecular weight excluding hydrogens is 186 g/mol. The molecule has 0 aromatic carbocycles. The van der Waals surface area contributed by atoms with Crippen LogP contribution in [0.4, 0.5) is 4.79 Å². The van der Waals surface area contributed by atoms with Gasteiger partial charge in [0.25, 0.3) is 0 Å². The molecule has 2 aliphatic rings. The van der Waals surface area contributed by atoms with Crippen molar-refractivity contribution in [2.75, 3.05) is 39.4 Å². The summed E-state index contributed by atoms with van der Waals surface area (Å²) in [6.45, 7) is 4.55. The lowest BCUT2D eigenvalue weighted by molar-refractivity contribution is 0.0188. The van der Waals surface area contributed by atoms with E-state index < -0.39 is 6.09 Å². The number of hydrogen-bond acceptors (Lipinski definition) is 5. The van der Waals surface area contributed by atoms with Gasteiger partial charge >= 0.3 is 6.09 Å². The monoisotopic (exact) mass is 201 g/mol. The lowest BCUT2D eigenvalue weighted by Crippen LogP contribution is -2.42. The first-order valence-corrected chi connectivity index (χ1v) is 4.78. The van der Waals surface area contributed by atoms with E-state index in [4.69, 9.17) is 15.3 Å². The van der Waals surface area contributed by atoms with Gasteiger partial charge in [-0.3, -0.25) is 4.90 Å². The molecule has 2 rings (SSSR count). The van der Waals surface area contributed by atoms with Gasteiger partial charge in [0.1, 0.15) is 6.10 Å². The molecule has 1 atom stereocenters. The van der Waals surface area contributed by atoms with Crippen LogP contribution in [0.25, 0.3) is 0 Å². The topological polar surface area (TPSA) is 68.0 Å². The summed E-state index contributed by atoms with van der Waals surface area (Å²) in [4.78, 5) is 13.2. The van der Waals surface area contributed by atoms with Crippen LogP contribution in [0.3, 0.4) is 0 Å². The maximum absolute atomic E-state index is 11.0. The standard InChI is InChI=1S/C8H15N3O3/c9-11-6-7(14-8(11)12)5-10-1-3-13-4-2-10/h7H,1-6,9H2. The molecule has 0 aromatic rings. The number of hydrazine groups is 1. The number of morpholine rings is 1. The van der Waals surface area contributed by atoms with E-state index >= 15 is 0 Å². The van der Waals surface area contributed by atoms with Crippen LogP contribution in [0.15, 0.2) is 0 Å². The second-order valence-corrected chi connectivity index (χ2v) is 3.57. The number of carbonyl (C=O) groups excluding carboxylic acids is 1. The third-order valence-corrected chi connectivity index (χ3v) is 2.47. The molecule has 2 heterocycles. The molecule has 2 aliphatic heterocycles. The number of nitrogens with zero attached hydrogens (tertiary/aromatic N) is 2. The van der Waals surface area contributed by atoms with E-state index in [1.165, 1.54) is 0 Å². The van der Waals surface area contributed by atoms with Crippen LogP contribution in [0.5, 0.6) is 0 Å². The molecule has 0 aliphatic carbocycles. The van der Waals surface area contributed by atoms with Gasteiger partial charge < -0.3 is 9.47 Å². The van der Waals surface area contributed by atoms with Crippen molar-refractivity contribution in [2.24, 2.45) is 5.84 Å². The summed E-state index contributed by atoms with van der Waals surface area (Å²) in [5.74, 6) is 5.39. The summed E-state index contributed by atoms with van der Waals surface area (Å²) in [5, 5.41) is 1.12. The van der Waals surface area contributed by atoms with Crippen LogP contribution >= 0.6 is 0 Å². The van der Waals surface area contributed by atoms with E-state index in [2.05, 4.69) is 4.90 Å². The normalized spacial score (nSPS) is 29.4. The van der Waals surface area contributed by atoms with Gasteiger partial charge in [-0.25, -0.2) is 15.6 Å². The highest BCUT2D eigenvalue weighted by Crippen LogP contribution is 2.09. The SMILES string of the molecule is NN1CC(CN2CCOCC2)OC1=O. The summed E-state index contributed by atoms with van der Waals surface area (Å²) in [6, 6.07) is 0. The van der Waals surface area contributed by atoms with Gasteiger partial charge in [-0.1, -0.05) is 0 Å². The Morgan fingerprint density at radius 3 is 2.71 bits per heavy atom. The molecule has 1 unspecified atom stereocenters. The van der Waals surface area contributed by atoms with Gasteiger partial charge in [0.05, 0.1) is 19.8 Å². The van der Waals surface area contributed by atoms with Crippen LogP contribution in [0.1, 0.15) is 0 Å². The Labute approximate surface area is 82.5 Å². The van der Waals surface area contributed by atoms with Crippen molar-refractivity contribution in [3.63, 3.8) is 0 Å². The van der Waals surface area contributed by atoms with E-state index in [0.29, 0.717) is 6.54 Å². The molecule has 0 bridgehead atoms. The van der Waals surface area contributed by atoms with Gasteiger partial charge in [0, 0.05) is 19.6 Å². The molecule has 14 heavy (non-hydrogen) atoms. The van der Waals surface area contributed by atoms with Crippen molar-refractivity contribution >= 4 is 6.09 Å². The molecule has 0 radical (unpaired) electrons. The minimum absolute atomic E-state index is 0.0920. The number of hydrogen-bond donors (Lipinski definition) is 1. The molecular formula is C8H15N3O3. The van der Waals surface area contributed by atoms with Crippen LogP contribution in [-0.4, -0.2) is 61.5 Å². The van der Waals surface area contributed by atoms with Gasteiger partial charge in [0.15, 0.2) is 0 Å². The molecule has 0 aromatic heterocycles. The number of cyclic esters (lactones) is 1. The third-order valence-electron chi connectivity index (χ3n) is 2.47. The van der Waals surface area contributed by atoms with E-state index in [-0.39, 0.29) is 6.10 Å². The molecule has 0 spiro atoms. The van der Waals surface area contributed by atoms with Gasteiger partial charge in [0.2, 0.25) is 0 Å². The Hall–Kier alpha value is -0.850. The first kappa shape index (κ1) is 9.70. The van der Waals surface area contributed by atoms with E-state index in [0.717, 1.165) is 37.9 Å². The van der Waals surface area contributed by atoms with Crippen LogP contribution in [0.2, 0.25) is 0 Å². The van der Waals surface area contributed by atoms with Crippen molar-refractivity contribution in [3.8, 4) is 0 Å². The van der Waals surface area contributed by atoms with E-state index in [1.54, 1.807) is 0 Å². The van der Waals surface area contributed by atoms with Gasteiger partial charge in [-0.05, 0) is 0 Å². The number of carbonyl (C=O) groups is 1. The number of nitrogens with two attached hydrogens (primary N) is 1. The van der Waals surface area contributed by atoms with Crippen LogP contribution in [0, 0.1) is 0 Å². The Morgan fingerprint density at radius 2 is 2.14 bits per heavy atom. The second-order valence-electron chi connectivity index (χ2n) is 3.57. The zero-order chi connectivity index (χ0) is 9.97. The maximum atomic E-state index is 11.0.